The highest BCUT2D eigenvalue weighted by molar-refractivity contribution is 5.84. The first-order chi connectivity index (χ1) is 9.22. The third-order valence-corrected chi connectivity index (χ3v) is 4.34. The number of carbonyl (C=O) groups is 1. The highest BCUT2D eigenvalue weighted by atomic mass is 16.2. The number of hydrogen-bond acceptors (Lipinski definition) is 2. The van der Waals surface area contributed by atoms with Gasteiger partial charge in [0.15, 0.2) is 0 Å². The fourth-order valence-electron chi connectivity index (χ4n) is 2.76. The Hall–Kier alpha value is -1.35. The zero-order valence-electron chi connectivity index (χ0n) is 11.8. The first kappa shape index (κ1) is 14.1. The van der Waals surface area contributed by atoms with Crippen LogP contribution in [0.4, 0.5) is 0 Å². The summed E-state index contributed by atoms with van der Waals surface area (Å²) >= 11 is 0. The molecule has 0 saturated heterocycles. The van der Waals surface area contributed by atoms with Crippen LogP contribution in [0.5, 0.6) is 0 Å². The lowest BCUT2D eigenvalue weighted by molar-refractivity contribution is -0.146. The molecule has 19 heavy (non-hydrogen) atoms. The van der Waals surface area contributed by atoms with Crippen molar-refractivity contribution in [2.45, 2.75) is 32.6 Å². The lowest BCUT2D eigenvalue weighted by Gasteiger charge is -2.42. The number of likely N-dealkylation sites (N-methyl/N-ethyl adjacent to an activating group) is 1. The minimum Gasteiger partial charge on any atom is -0.342 e. The predicted octanol–water partition coefficient (Wildman–Crippen LogP) is 2.21. The van der Waals surface area contributed by atoms with Crippen molar-refractivity contribution in [3.63, 3.8) is 0 Å². The molecular formula is C16H24N2O. The average molecular weight is 260 g/mol. The van der Waals surface area contributed by atoms with Crippen molar-refractivity contribution < 1.29 is 4.79 Å². The van der Waals surface area contributed by atoms with E-state index in [2.05, 4.69) is 12.1 Å². The maximum atomic E-state index is 12.6. The molecule has 1 saturated carbocycles. The van der Waals surface area contributed by atoms with E-state index in [1.807, 2.05) is 30.0 Å². The van der Waals surface area contributed by atoms with Gasteiger partial charge in [0.1, 0.15) is 0 Å². The lowest BCUT2D eigenvalue weighted by Crippen LogP contribution is -2.52. The highest BCUT2D eigenvalue weighted by Gasteiger charge is 2.44. The molecule has 0 radical (unpaired) electrons. The van der Waals surface area contributed by atoms with Gasteiger partial charge in [-0.25, -0.2) is 0 Å². The van der Waals surface area contributed by atoms with Gasteiger partial charge in [0.2, 0.25) is 5.91 Å². The Morgan fingerprint density at radius 3 is 2.47 bits per heavy atom. The second-order valence-corrected chi connectivity index (χ2v) is 5.46. The van der Waals surface area contributed by atoms with Crippen molar-refractivity contribution in [1.82, 2.24) is 4.90 Å². The Bertz CT molecular complexity index is 407. The van der Waals surface area contributed by atoms with E-state index in [4.69, 9.17) is 5.73 Å². The van der Waals surface area contributed by atoms with Gasteiger partial charge < -0.3 is 10.6 Å². The van der Waals surface area contributed by atoms with Crippen LogP contribution in [0.15, 0.2) is 30.3 Å². The summed E-state index contributed by atoms with van der Waals surface area (Å²) in [6, 6.07) is 10.3. The van der Waals surface area contributed by atoms with Crippen molar-refractivity contribution in [2.24, 2.45) is 11.1 Å². The van der Waals surface area contributed by atoms with Crippen molar-refractivity contribution in [2.75, 3.05) is 19.6 Å². The third-order valence-electron chi connectivity index (χ3n) is 4.34. The molecule has 1 aliphatic rings. The summed E-state index contributed by atoms with van der Waals surface area (Å²) in [4.78, 5) is 14.5. The van der Waals surface area contributed by atoms with Gasteiger partial charge in [-0.15, -0.1) is 0 Å². The number of hydrogen-bond donors (Lipinski definition) is 1. The van der Waals surface area contributed by atoms with Gasteiger partial charge >= 0.3 is 0 Å². The predicted molar refractivity (Wildman–Crippen MR) is 77.7 cm³/mol. The first-order valence-corrected chi connectivity index (χ1v) is 7.25. The van der Waals surface area contributed by atoms with Crippen LogP contribution < -0.4 is 5.73 Å². The molecule has 0 spiro atoms. The fourth-order valence-corrected chi connectivity index (χ4v) is 2.76. The summed E-state index contributed by atoms with van der Waals surface area (Å²) in [5.41, 5.74) is 6.86. The van der Waals surface area contributed by atoms with Crippen LogP contribution in [0.25, 0.3) is 0 Å². The normalized spacial score (nSPS) is 16.7. The van der Waals surface area contributed by atoms with E-state index in [1.165, 1.54) is 5.56 Å². The second-order valence-electron chi connectivity index (χ2n) is 5.46. The van der Waals surface area contributed by atoms with Crippen LogP contribution in [0.1, 0.15) is 31.7 Å². The summed E-state index contributed by atoms with van der Waals surface area (Å²) in [5, 5.41) is 0. The maximum absolute atomic E-state index is 12.6. The third kappa shape index (κ3) is 2.98. The van der Waals surface area contributed by atoms with Crippen LogP contribution in [0.2, 0.25) is 0 Å². The molecule has 0 unspecified atom stereocenters. The van der Waals surface area contributed by atoms with E-state index < -0.39 is 0 Å². The van der Waals surface area contributed by atoms with Crippen LogP contribution in [-0.4, -0.2) is 30.4 Å². The van der Waals surface area contributed by atoms with Gasteiger partial charge in [-0.3, -0.25) is 4.79 Å². The zero-order chi connectivity index (χ0) is 13.7. The number of rotatable bonds is 6. The number of nitrogens with two attached hydrogens (primary N) is 1. The van der Waals surface area contributed by atoms with Crippen molar-refractivity contribution >= 4 is 5.91 Å². The van der Waals surface area contributed by atoms with E-state index in [9.17, 15) is 4.79 Å². The van der Waals surface area contributed by atoms with Crippen LogP contribution in [0.3, 0.4) is 0 Å². The number of carbonyl (C=O) groups excluding carboxylic acids is 1. The number of nitrogens with zero attached hydrogens (tertiary/aromatic N) is 1. The molecule has 0 bridgehead atoms. The van der Waals surface area contributed by atoms with Gasteiger partial charge in [-0.2, -0.15) is 0 Å². The van der Waals surface area contributed by atoms with E-state index in [0.717, 1.165) is 38.8 Å². The van der Waals surface area contributed by atoms with Gasteiger partial charge in [-0.1, -0.05) is 36.8 Å². The standard InChI is InChI=1S/C16H24N2O/c1-2-18(12-9-14-7-4-3-5-8-14)15(19)16(13-17)10-6-11-16/h3-5,7-8H,2,6,9-13,17H2,1H3. The summed E-state index contributed by atoms with van der Waals surface area (Å²) in [6.07, 6.45) is 3.98. The molecule has 0 aliphatic heterocycles. The molecule has 1 amide bonds. The number of amides is 1. The molecular weight excluding hydrogens is 236 g/mol. The maximum Gasteiger partial charge on any atom is 0.230 e. The topological polar surface area (TPSA) is 46.3 Å². The molecule has 3 heteroatoms. The number of benzene rings is 1. The SMILES string of the molecule is CCN(CCc1ccccc1)C(=O)C1(CN)CCC1. The van der Waals surface area contributed by atoms with Crippen LogP contribution >= 0.6 is 0 Å². The molecule has 0 aromatic heterocycles. The first-order valence-electron chi connectivity index (χ1n) is 7.25. The Morgan fingerprint density at radius 2 is 2.00 bits per heavy atom. The summed E-state index contributed by atoms with van der Waals surface area (Å²) in [7, 11) is 0. The molecule has 3 nitrogen and oxygen atoms in total. The summed E-state index contributed by atoms with van der Waals surface area (Å²) < 4.78 is 0. The molecule has 1 aromatic carbocycles. The molecule has 0 atom stereocenters. The van der Waals surface area contributed by atoms with Gasteiger partial charge in [0.25, 0.3) is 0 Å². The van der Waals surface area contributed by atoms with Crippen molar-refractivity contribution in [3.05, 3.63) is 35.9 Å². The van der Waals surface area contributed by atoms with Gasteiger partial charge in [0, 0.05) is 19.6 Å². The second kappa shape index (κ2) is 6.20. The van der Waals surface area contributed by atoms with E-state index in [-0.39, 0.29) is 11.3 Å². The van der Waals surface area contributed by atoms with Gasteiger partial charge in [-0.05, 0) is 31.7 Å². The average Bonchev–Trinajstić information content (AvgIpc) is 2.40. The summed E-state index contributed by atoms with van der Waals surface area (Å²) in [5.74, 6) is 0.264. The molecule has 104 valence electrons. The highest BCUT2D eigenvalue weighted by Crippen LogP contribution is 2.41. The Labute approximate surface area is 115 Å². The zero-order valence-corrected chi connectivity index (χ0v) is 11.8. The Kier molecular flexibility index (Phi) is 4.59. The molecule has 1 aromatic rings. The Morgan fingerprint density at radius 1 is 1.32 bits per heavy atom. The fraction of sp³-hybridized carbons (Fsp3) is 0.562. The minimum absolute atomic E-state index is 0.243. The smallest absolute Gasteiger partial charge is 0.230 e. The van der Waals surface area contributed by atoms with E-state index in [1.54, 1.807) is 0 Å². The summed E-state index contributed by atoms with van der Waals surface area (Å²) in [6.45, 7) is 4.11. The van der Waals surface area contributed by atoms with Crippen molar-refractivity contribution in [3.8, 4) is 0 Å². The molecule has 1 fully saturated rings. The van der Waals surface area contributed by atoms with Crippen LogP contribution in [0, 0.1) is 5.41 Å². The molecule has 2 rings (SSSR count). The molecule has 0 heterocycles. The largest absolute Gasteiger partial charge is 0.342 e. The minimum atomic E-state index is -0.243. The molecule has 2 N–H and O–H groups in total. The van der Waals surface area contributed by atoms with Crippen LogP contribution in [-0.2, 0) is 11.2 Å². The quantitative estimate of drug-likeness (QED) is 0.852. The van der Waals surface area contributed by atoms with Gasteiger partial charge in [0.05, 0.1) is 5.41 Å². The monoisotopic (exact) mass is 260 g/mol. The van der Waals surface area contributed by atoms with E-state index in [0.29, 0.717) is 6.54 Å². The Balaban J connectivity index is 1.94. The molecule has 1 aliphatic carbocycles. The van der Waals surface area contributed by atoms with Crippen molar-refractivity contribution in [1.29, 1.82) is 0 Å². The lowest BCUT2D eigenvalue weighted by atomic mass is 9.68. The van der Waals surface area contributed by atoms with E-state index >= 15 is 0 Å².